The van der Waals surface area contributed by atoms with Crippen molar-refractivity contribution in [3.63, 3.8) is 0 Å². The fourth-order valence-electron chi connectivity index (χ4n) is 7.76. The summed E-state index contributed by atoms with van der Waals surface area (Å²) in [7, 11) is -7.90. The molecule has 0 bridgehead atoms. The normalized spacial score (nSPS) is 18.0. The Hall–Kier alpha value is -3.32. The summed E-state index contributed by atoms with van der Waals surface area (Å²) in [4.78, 5) is 25.9. The molecule has 12 heteroatoms. The molecule has 3 aliphatic heterocycles. The second-order valence-electron chi connectivity index (χ2n) is 12.8. The summed E-state index contributed by atoms with van der Waals surface area (Å²) < 4.78 is 63.3. The topological polar surface area (TPSA) is 119 Å². The highest BCUT2D eigenvalue weighted by Gasteiger charge is 2.35. The van der Waals surface area contributed by atoms with Gasteiger partial charge in [0.25, 0.3) is 11.1 Å². The number of sulfonamides is 2. The van der Waals surface area contributed by atoms with Gasteiger partial charge in [0.2, 0.25) is 20.0 Å². The van der Waals surface area contributed by atoms with Gasteiger partial charge in [0, 0.05) is 62.2 Å². The van der Waals surface area contributed by atoms with Crippen LogP contribution in [0, 0.1) is 27.7 Å². The number of hydrogen-bond donors (Lipinski definition) is 0. The smallest absolute Gasteiger partial charge is 0.251 e. The number of nitrogens with zero attached hydrogens (tertiary/aromatic N) is 4. The lowest BCUT2D eigenvalue weighted by Gasteiger charge is -2.27. The molecule has 3 aliphatic rings. The van der Waals surface area contributed by atoms with Crippen LogP contribution in [0.3, 0.4) is 0 Å². The molecule has 4 aromatic rings. The van der Waals surface area contributed by atoms with Crippen LogP contribution in [0.5, 0.6) is 0 Å². The van der Waals surface area contributed by atoms with Crippen LogP contribution < -0.4 is 11.1 Å². The van der Waals surface area contributed by atoms with Crippen LogP contribution in [0.15, 0.2) is 43.6 Å². The van der Waals surface area contributed by atoms with Crippen molar-refractivity contribution in [1.29, 1.82) is 0 Å². The highest BCUT2D eigenvalue weighted by molar-refractivity contribution is 7.89. The number of hydrogen-bond acceptors (Lipinski definition) is 6. The van der Waals surface area contributed by atoms with Crippen LogP contribution in [-0.2, 0) is 46.0 Å². The SMILES string of the molecule is Cc1c(S(=O)(=O)N2CCCN(S(=O)(=O)c3cc4c(C)cc(=O)n5c4c(c3C)CCC5)CC2)cc2c(C)cc(=O)n3c2c1CCC3. The highest BCUT2D eigenvalue weighted by Crippen LogP contribution is 2.36. The summed E-state index contributed by atoms with van der Waals surface area (Å²) in [5.74, 6) is 0. The fraction of sp³-hybridized carbons (Fsp3) is 0.455. The van der Waals surface area contributed by atoms with Gasteiger partial charge in [-0.15, -0.1) is 0 Å². The third-order valence-electron chi connectivity index (χ3n) is 10.1. The van der Waals surface area contributed by atoms with Crippen molar-refractivity contribution in [3.05, 3.63) is 78.4 Å². The zero-order valence-electron chi connectivity index (χ0n) is 26.1. The lowest BCUT2D eigenvalue weighted by atomic mass is 9.95. The molecule has 1 saturated heterocycles. The van der Waals surface area contributed by atoms with E-state index in [1.165, 1.54) is 8.61 Å². The third-order valence-corrected chi connectivity index (χ3v) is 14.2. The summed E-state index contributed by atoms with van der Waals surface area (Å²) in [6.07, 6.45) is 3.28. The number of rotatable bonds is 4. The van der Waals surface area contributed by atoms with Gasteiger partial charge in [0.05, 0.1) is 20.8 Å². The quantitative estimate of drug-likeness (QED) is 0.334. The van der Waals surface area contributed by atoms with Crippen LogP contribution in [0.25, 0.3) is 21.8 Å². The Morgan fingerprint density at radius 1 is 0.533 bits per heavy atom. The monoisotopic (exact) mass is 650 g/mol. The van der Waals surface area contributed by atoms with E-state index >= 15 is 0 Å². The molecular formula is C33H38N4O6S2. The molecule has 0 spiro atoms. The van der Waals surface area contributed by atoms with Crippen molar-refractivity contribution in [2.45, 2.75) is 82.7 Å². The molecule has 0 amide bonds. The van der Waals surface area contributed by atoms with Gasteiger partial charge in [-0.3, -0.25) is 9.59 Å². The molecule has 0 radical (unpaired) electrons. The predicted molar refractivity (Wildman–Crippen MR) is 174 cm³/mol. The van der Waals surface area contributed by atoms with E-state index in [1.54, 1.807) is 33.4 Å². The minimum absolute atomic E-state index is 0.0326. The molecule has 0 atom stereocenters. The lowest BCUT2D eigenvalue weighted by Crippen LogP contribution is -2.38. The highest BCUT2D eigenvalue weighted by atomic mass is 32.2. The van der Waals surface area contributed by atoms with Gasteiger partial charge >= 0.3 is 0 Å². The Balaban J connectivity index is 1.24. The van der Waals surface area contributed by atoms with Crippen molar-refractivity contribution < 1.29 is 16.8 Å². The molecule has 7 rings (SSSR count). The number of aryl methyl sites for hydroxylation is 6. The van der Waals surface area contributed by atoms with Crippen LogP contribution in [-0.4, -0.2) is 60.8 Å². The van der Waals surface area contributed by atoms with E-state index in [2.05, 4.69) is 0 Å². The first kappa shape index (κ1) is 30.3. The Morgan fingerprint density at radius 2 is 0.933 bits per heavy atom. The minimum Gasteiger partial charge on any atom is -0.308 e. The molecule has 10 nitrogen and oxygen atoms in total. The maximum Gasteiger partial charge on any atom is 0.251 e. The van der Waals surface area contributed by atoms with E-state index in [4.69, 9.17) is 0 Å². The maximum atomic E-state index is 14.2. The van der Waals surface area contributed by atoms with Crippen molar-refractivity contribution in [2.24, 2.45) is 0 Å². The summed E-state index contributed by atoms with van der Waals surface area (Å²) in [5, 5.41) is 1.54. The Morgan fingerprint density at radius 3 is 1.33 bits per heavy atom. The van der Waals surface area contributed by atoms with Gasteiger partial charge in [0.1, 0.15) is 0 Å². The third kappa shape index (κ3) is 4.55. The zero-order valence-corrected chi connectivity index (χ0v) is 27.8. The van der Waals surface area contributed by atoms with Crippen LogP contribution in [0.2, 0.25) is 0 Å². The number of aromatic nitrogens is 2. The van der Waals surface area contributed by atoms with E-state index < -0.39 is 20.0 Å². The zero-order chi connectivity index (χ0) is 32.0. The Labute approximate surface area is 263 Å². The summed E-state index contributed by atoms with van der Waals surface area (Å²) in [6.45, 7) is 9.00. The second kappa shape index (κ2) is 10.6. The summed E-state index contributed by atoms with van der Waals surface area (Å²) in [6, 6.07) is 6.54. The first-order chi connectivity index (χ1) is 21.3. The predicted octanol–water partition coefficient (Wildman–Crippen LogP) is 3.53. The average molecular weight is 651 g/mol. The molecule has 0 unspecified atom stereocenters. The van der Waals surface area contributed by atoms with Crippen molar-refractivity contribution >= 4 is 41.9 Å². The fourth-order valence-corrected chi connectivity index (χ4v) is 11.3. The standard InChI is InChI=1S/C33H38N4O6S2/c1-20-16-30(38)36-12-5-8-24-22(3)28(18-26(20)32(24)36)44(40,41)34-10-7-11-35(15-14-34)45(42,43)29-19-27-21(2)17-31(39)37-13-6-9-25(23(29)4)33(27)37/h16-19H,5-15H2,1-4H3. The van der Waals surface area contributed by atoms with E-state index in [0.717, 1.165) is 56.9 Å². The molecule has 2 aromatic carbocycles. The van der Waals surface area contributed by atoms with Crippen molar-refractivity contribution in [1.82, 2.24) is 17.7 Å². The molecule has 45 heavy (non-hydrogen) atoms. The maximum absolute atomic E-state index is 14.2. The molecular weight excluding hydrogens is 613 g/mol. The van der Waals surface area contributed by atoms with Gasteiger partial charge in [0.15, 0.2) is 0 Å². The van der Waals surface area contributed by atoms with Crippen LogP contribution >= 0.6 is 0 Å². The molecule has 0 saturated carbocycles. The van der Waals surface area contributed by atoms with Gasteiger partial charge in [-0.05, 0) is 105 Å². The summed E-state index contributed by atoms with van der Waals surface area (Å²) >= 11 is 0. The van der Waals surface area contributed by atoms with E-state index in [9.17, 15) is 26.4 Å². The van der Waals surface area contributed by atoms with E-state index in [-0.39, 0.29) is 47.1 Å². The van der Waals surface area contributed by atoms with Gasteiger partial charge < -0.3 is 9.13 Å². The van der Waals surface area contributed by atoms with E-state index in [0.29, 0.717) is 43.5 Å². The summed E-state index contributed by atoms with van der Waals surface area (Å²) in [5.41, 5.74) is 6.11. The van der Waals surface area contributed by atoms with Crippen LogP contribution in [0.1, 0.15) is 52.6 Å². The molecule has 2 aromatic heterocycles. The number of pyridine rings is 2. The average Bonchev–Trinajstić information content (AvgIpc) is 3.27. The Kier molecular flexibility index (Phi) is 7.16. The van der Waals surface area contributed by atoms with Crippen molar-refractivity contribution in [2.75, 3.05) is 26.2 Å². The second-order valence-corrected chi connectivity index (χ2v) is 16.6. The van der Waals surface area contributed by atoms with Gasteiger partial charge in [-0.1, -0.05) is 0 Å². The van der Waals surface area contributed by atoms with Crippen molar-refractivity contribution in [3.8, 4) is 0 Å². The largest absolute Gasteiger partial charge is 0.308 e. The van der Waals surface area contributed by atoms with E-state index in [1.807, 2.05) is 27.7 Å². The number of benzene rings is 2. The molecule has 238 valence electrons. The Bertz CT molecular complexity index is 2130. The molecule has 0 N–H and O–H groups in total. The first-order valence-corrected chi connectivity index (χ1v) is 18.5. The lowest BCUT2D eigenvalue weighted by molar-refractivity contribution is 0.404. The molecule has 1 fully saturated rings. The molecule has 0 aliphatic carbocycles. The van der Waals surface area contributed by atoms with Gasteiger partial charge in [-0.2, -0.15) is 8.61 Å². The first-order valence-electron chi connectivity index (χ1n) is 15.7. The van der Waals surface area contributed by atoms with Gasteiger partial charge in [-0.25, -0.2) is 16.8 Å². The minimum atomic E-state index is -3.95. The molecule has 5 heterocycles. The van der Waals surface area contributed by atoms with Crippen LogP contribution in [0.4, 0.5) is 0 Å².